The fourth-order valence-corrected chi connectivity index (χ4v) is 5.30. The smallest absolute Gasteiger partial charge is 0.226 e. The van der Waals surface area contributed by atoms with Crippen LogP contribution in [0.4, 0.5) is 5.95 Å². The molecule has 0 unspecified atom stereocenters. The summed E-state index contributed by atoms with van der Waals surface area (Å²) in [5.41, 5.74) is 3.71. The Morgan fingerprint density at radius 3 is 2.68 bits per heavy atom. The first-order valence-corrected chi connectivity index (χ1v) is 11.3. The van der Waals surface area contributed by atoms with Gasteiger partial charge in [-0.1, -0.05) is 48.5 Å². The van der Waals surface area contributed by atoms with Gasteiger partial charge in [-0.3, -0.25) is 4.79 Å². The van der Waals surface area contributed by atoms with Crippen LogP contribution in [0, 0.1) is 0 Å². The Labute approximate surface area is 197 Å². The largest absolute Gasteiger partial charge is 0.497 e. The SMILES string of the molecule is COc1ccc([C@@H]2CC(=O)C3=C(C2)Nc2ncnn2[C@H]3c2cccc3ccccc23)c(OC)c1. The van der Waals surface area contributed by atoms with Crippen molar-refractivity contribution < 1.29 is 14.3 Å². The van der Waals surface area contributed by atoms with E-state index in [-0.39, 0.29) is 17.7 Å². The number of nitrogens with zero attached hydrogens (tertiary/aromatic N) is 3. The van der Waals surface area contributed by atoms with Crippen molar-refractivity contribution >= 4 is 22.5 Å². The first-order valence-electron chi connectivity index (χ1n) is 11.3. The molecule has 1 aromatic heterocycles. The molecule has 0 fully saturated rings. The molecule has 0 bridgehead atoms. The highest BCUT2D eigenvalue weighted by atomic mass is 16.5. The molecule has 1 aliphatic carbocycles. The van der Waals surface area contributed by atoms with E-state index in [9.17, 15) is 4.79 Å². The van der Waals surface area contributed by atoms with Crippen LogP contribution in [-0.2, 0) is 4.79 Å². The van der Waals surface area contributed by atoms with Crippen molar-refractivity contribution in [2.75, 3.05) is 19.5 Å². The van der Waals surface area contributed by atoms with E-state index in [1.165, 1.54) is 6.33 Å². The third-order valence-electron chi connectivity index (χ3n) is 6.86. The molecular formula is C27H24N4O3. The lowest BCUT2D eigenvalue weighted by Crippen LogP contribution is -2.33. The molecule has 1 aliphatic heterocycles. The Morgan fingerprint density at radius 1 is 0.971 bits per heavy atom. The van der Waals surface area contributed by atoms with E-state index >= 15 is 0 Å². The van der Waals surface area contributed by atoms with Gasteiger partial charge < -0.3 is 14.8 Å². The van der Waals surface area contributed by atoms with Gasteiger partial charge in [-0.2, -0.15) is 10.1 Å². The zero-order valence-corrected chi connectivity index (χ0v) is 19.0. The predicted molar refractivity (Wildman–Crippen MR) is 129 cm³/mol. The average Bonchev–Trinajstić information content (AvgIpc) is 3.35. The summed E-state index contributed by atoms with van der Waals surface area (Å²) < 4.78 is 12.8. The monoisotopic (exact) mass is 452 g/mol. The summed E-state index contributed by atoms with van der Waals surface area (Å²) in [7, 11) is 3.27. The van der Waals surface area contributed by atoms with Crippen LogP contribution >= 0.6 is 0 Å². The topological polar surface area (TPSA) is 78.3 Å². The molecule has 2 heterocycles. The molecule has 4 aromatic rings. The Bertz CT molecular complexity index is 1450. The first-order chi connectivity index (χ1) is 16.7. The number of fused-ring (bicyclic) bond motifs is 2. The van der Waals surface area contributed by atoms with E-state index in [0.717, 1.165) is 44.7 Å². The van der Waals surface area contributed by atoms with Crippen LogP contribution in [0.25, 0.3) is 10.8 Å². The summed E-state index contributed by atoms with van der Waals surface area (Å²) in [5, 5.41) is 10.1. The van der Waals surface area contributed by atoms with Crippen molar-refractivity contribution in [1.29, 1.82) is 0 Å². The summed E-state index contributed by atoms with van der Waals surface area (Å²) >= 11 is 0. The molecule has 0 saturated carbocycles. The van der Waals surface area contributed by atoms with Crippen molar-refractivity contribution in [3.05, 3.63) is 89.4 Å². The van der Waals surface area contributed by atoms with Crippen LogP contribution in [0.3, 0.4) is 0 Å². The number of methoxy groups -OCH3 is 2. The maximum atomic E-state index is 13.8. The Balaban J connectivity index is 1.48. The van der Waals surface area contributed by atoms with Crippen LogP contribution < -0.4 is 14.8 Å². The lowest BCUT2D eigenvalue weighted by Gasteiger charge is -2.35. The maximum Gasteiger partial charge on any atom is 0.226 e. The van der Waals surface area contributed by atoms with Gasteiger partial charge in [0.25, 0.3) is 0 Å². The van der Waals surface area contributed by atoms with Gasteiger partial charge in [0.15, 0.2) is 5.78 Å². The Hall–Kier alpha value is -4.13. The van der Waals surface area contributed by atoms with Crippen molar-refractivity contribution in [3.8, 4) is 11.5 Å². The van der Waals surface area contributed by atoms with Crippen LogP contribution in [-0.4, -0.2) is 34.8 Å². The number of Topliss-reactive ketones (excluding diaryl/α,β-unsaturated/α-hetero) is 1. The number of aromatic nitrogens is 3. The maximum absolute atomic E-state index is 13.8. The number of carbonyl (C=O) groups excluding carboxylic acids is 1. The van der Waals surface area contributed by atoms with Gasteiger partial charge in [0.05, 0.1) is 14.2 Å². The average molecular weight is 453 g/mol. The Morgan fingerprint density at radius 2 is 1.82 bits per heavy atom. The zero-order chi connectivity index (χ0) is 23.2. The number of anilines is 1. The van der Waals surface area contributed by atoms with Crippen molar-refractivity contribution in [3.63, 3.8) is 0 Å². The fraction of sp³-hybridized carbons (Fsp3) is 0.222. The molecule has 170 valence electrons. The molecule has 0 amide bonds. The summed E-state index contributed by atoms with van der Waals surface area (Å²) in [4.78, 5) is 18.2. The lowest BCUT2D eigenvalue weighted by molar-refractivity contribution is -0.116. The molecule has 2 atom stereocenters. The highest BCUT2D eigenvalue weighted by Gasteiger charge is 2.40. The molecule has 7 nitrogen and oxygen atoms in total. The number of ether oxygens (including phenoxy) is 2. The minimum Gasteiger partial charge on any atom is -0.497 e. The minimum atomic E-state index is -0.328. The van der Waals surface area contributed by atoms with Crippen LogP contribution in [0.15, 0.2) is 78.3 Å². The van der Waals surface area contributed by atoms with Crippen molar-refractivity contribution in [2.45, 2.75) is 24.8 Å². The third kappa shape index (κ3) is 3.15. The number of hydrogen-bond donors (Lipinski definition) is 1. The highest BCUT2D eigenvalue weighted by Crippen LogP contribution is 2.46. The minimum absolute atomic E-state index is 0.0118. The quantitative estimate of drug-likeness (QED) is 0.476. The van der Waals surface area contributed by atoms with E-state index in [0.29, 0.717) is 18.8 Å². The van der Waals surface area contributed by atoms with Crippen molar-refractivity contribution in [2.24, 2.45) is 0 Å². The van der Waals surface area contributed by atoms with E-state index in [4.69, 9.17) is 9.47 Å². The van der Waals surface area contributed by atoms with E-state index in [1.807, 2.05) is 41.1 Å². The summed E-state index contributed by atoms with van der Waals surface area (Å²) in [6.45, 7) is 0. The molecule has 6 rings (SSSR count). The molecule has 0 spiro atoms. The van der Waals surface area contributed by atoms with Crippen LogP contribution in [0.2, 0.25) is 0 Å². The van der Waals surface area contributed by atoms with Crippen LogP contribution in [0.1, 0.15) is 35.9 Å². The number of nitrogens with one attached hydrogen (secondary N) is 1. The number of allylic oxidation sites excluding steroid dienone is 2. The summed E-state index contributed by atoms with van der Waals surface area (Å²) in [6.07, 6.45) is 2.61. The molecule has 0 saturated heterocycles. The van der Waals surface area contributed by atoms with E-state index < -0.39 is 0 Å². The molecule has 3 aromatic carbocycles. The van der Waals surface area contributed by atoms with Gasteiger partial charge in [0.2, 0.25) is 5.95 Å². The van der Waals surface area contributed by atoms with Crippen molar-refractivity contribution in [1.82, 2.24) is 14.8 Å². The normalized spacial score (nSPS) is 19.4. The molecule has 2 aliphatic rings. The second-order valence-electron chi connectivity index (χ2n) is 8.65. The lowest BCUT2D eigenvalue weighted by atomic mass is 9.77. The number of rotatable bonds is 4. The van der Waals surface area contributed by atoms with E-state index in [2.05, 4.69) is 39.7 Å². The zero-order valence-electron chi connectivity index (χ0n) is 19.0. The molecule has 0 radical (unpaired) electrons. The first kappa shape index (κ1) is 20.5. The number of benzene rings is 3. The predicted octanol–water partition coefficient (Wildman–Crippen LogP) is 4.86. The summed E-state index contributed by atoms with van der Waals surface area (Å²) in [5.74, 6) is 2.19. The molecule has 7 heteroatoms. The van der Waals surface area contributed by atoms with Gasteiger partial charge in [0, 0.05) is 29.7 Å². The van der Waals surface area contributed by atoms with Gasteiger partial charge in [-0.15, -0.1) is 0 Å². The Kier molecular flexibility index (Phi) is 4.83. The van der Waals surface area contributed by atoms with Gasteiger partial charge in [0.1, 0.15) is 23.9 Å². The molecule has 34 heavy (non-hydrogen) atoms. The molecular weight excluding hydrogens is 428 g/mol. The molecule has 1 N–H and O–H groups in total. The standard InChI is InChI=1S/C27H24N4O3/c1-33-18-10-11-20(24(14-18)34-2)17-12-22-25(23(32)13-17)26(31-27(30-22)28-15-29-31)21-9-5-7-16-6-3-4-8-19(16)21/h3-11,14-15,17,26H,12-13H2,1-2H3,(H,28,29,30)/t17-,26-/m0/s1. The second-order valence-corrected chi connectivity index (χ2v) is 8.65. The van der Waals surface area contributed by atoms with Gasteiger partial charge in [-0.25, -0.2) is 4.68 Å². The highest BCUT2D eigenvalue weighted by molar-refractivity contribution is 6.01. The number of hydrogen-bond acceptors (Lipinski definition) is 6. The number of ketones is 1. The number of carbonyl (C=O) groups is 1. The van der Waals surface area contributed by atoms with Gasteiger partial charge in [-0.05, 0) is 34.4 Å². The fourth-order valence-electron chi connectivity index (χ4n) is 5.30. The van der Waals surface area contributed by atoms with Crippen LogP contribution in [0.5, 0.6) is 11.5 Å². The summed E-state index contributed by atoms with van der Waals surface area (Å²) in [6, 6.07) is 19.9. The second kappa shape index (κ2) is 8.02. The van der Waals surface area contributed by atoms with E-state index in [1.54, 1.807) is 14.2 Å². The van der Waals surface area contributed by atoms with Gasteiger partial charge >= 0.3 is 0 Å². The third-order valence-corrected chi connectivity index (χ3v) is 6.86.